The lowest BCUT2D eigenvalue weighted by Gasteiger charge is -2.16. The predicted octanol–water partition coefficient (Wildman–Crippen LogP) is 4.49. The molecule has 2 aromatic rings. The summed E-state index contributed by atoms with van der Waals surface area (Å²) in [7, 11) is 0. The van der Waals surface area contributed by atoms with E-state index in [0.29, 0.717) is 13.0 Å². The highest BCUT2D eigenvalue weighted by atomic mass is 16.1. The molecule has 0 saturated carbocycles. The summed E-state index contributed by atoms with van der Waals surface area (Å²) >= 11 is 0. The van der Waals surface area contributed by atoms with Gasteiger partial charge in [0.15, 0.2) is 0 Å². The van der Waals surface area contributed by atoms with Gasteiger partial charge in [0, 0.05) is 24.7 Å². The highest BCUT2D eigenvalue weighted by Gasteiger charge is 2.10. The minimum Gasteiger partial charge on any atom is -0.326 e. The van der Waals surface area contributed by atoms with E-state index in [-0.39, 0.29) is 11.9 Å². The van der Waals surface area contributed by atoms with Gasteiger partial charge in [-0.05, 0) is 36.5 Å². The highest BCUT2D eigenvalue weighted by Crippen LogP contribution is 2.22. The van der Waals surface area contributed by atoms with E-state index in [1.165, 1.54) is 16.7 Å². The van der Waals surface area contributed by atoms with Crippen molar-refractivity contribution in [1.82, 2.24) is 5.32 Å². The van der Waals surface area contributed by atoms with Gasteiger partial charge in [-0.15, -0.1) is 0 Å². The van der Waals surface area contributed by atoms with Crippen molar-refractivity contribution < 1.29 is 4.79 Å². The summed E-state index contributed by atoms with van der Waals surface area (Å²) < 4.78 is 0. The number of hydrogen-bond donors (Lipinski definition) is 2. The van der Waals surface area contributed by atoms with Crippen molar-refractivity contribution >= 4 is 11.6 Å². The molecule has 0 bridgehead atoms. The van der Waals surface area contributed by atoms with Crippen LogP contribution in [0.5, 0.6) is 0 Å². The van der Waals surface area contributed by atoms with Crippen LogP contribution in [-0.4, -0.2) is 12.5 Å². The van der Waals surface area contributed by atoms with E-state index in [9.17, 15) is 4.79 Å². The minimum absolute atomic E-state index is 0.0679. The molecule has 2 aromatic carbocycles. The fourth-order valence-corrected chi connectivity index (χ4v) is 2.87. The summed E-state index contributed by atoms with van der Waals surface area (Å²) in [5.74, 6) is 0.0679. The normalized spacial score (nSPS) is 12.0. The largest absolute Gasteiger partial charge is 0.326 e. The maximum Gasteiger partial charge on any atom is 0.225 e. The molecular weight excluding hydrogens is 296 g/mol. The van der Waals surface area contributed by atoms with Gasteiger partial charge in [0.2, 0.25) is 5.91 Å². The minimum atomic E-state index is 0.0679. The molecule has 0 spiro atoms. The van der Waals surface area contributed by atoms with Crippen LogP contribution in [0.4, 0.5) is 5.69 Å². The second-order valence-corrected chi connectivity index (χ2v) is 6.04. The summed E-state index contributed by atoms with van der Waals surface area (Å²) in [6, 6.07) is 16.8. The number of para-hydroxylation sites is 1. The lowest BCUT2D eigenvalue weighted by molar-refractivity contribution is -0.116. The summed E-state index contributed by atoms with van der Waals surface area (Å²) in [5, 5.41) is 6.53. The van der Waals surface area contributed by atoms with Gasteiger partial charge < -0.3 is 10.6 Å². The monoisotopic (exact) mass is 324 g/mol. The number of benzene rings is 2. The van der Waals surface area contributed by atoms with Gasteiger partial charge in [0.05, 0.1) is 0 Å². The molecule has 1 amide bonds. The quantitative estimate of drug-likeness (QED) is 0.751. The van der Waals surface area contributed by atoms with E-state index in [0.717, 1.165) is 18.5 Å². The molecule has 2 rings (SSSR count). The van der Waals surface area contributed by atoms with Crippen LogP contribution in [0.2, 0.25) is 0 Å². The number of hydrogen-bond acceptors (Lipinski definition) is 2. The third-order valence-electron chi connectivity index (χ3n) is 4.37. The lowest BCUT2D eigenvalue weighted by atomic mass is 10.0. The van der Waals surface area contributed by atoms with E-state index in [2.05, 4.69) is 61.7 Å². The summed E-state index contributed by atoms with van der Waals surface area (Å²) in [4.78, 5) is 12.3. The first-order valence-corrected chi connectivity index (χ1v) is 8.84. The fraction of sp³-hybridized carbons (Fsp3) is 0.381. The van der Waals surface area contributed by atoms with Crippen molar-refractivity contribution in [2.24, 2.45) is 0 Å². The second-order valence-electron chi connectivity index (χ2n) is 6.04. The Morgan fingerprint density at radius 1 is 0.958 bits per heavy atom. The zero-order valence-electron chi connectivity index (χ0n) is 14.9. The van der Waals surface area contributed by atoms with Crippen LogP contribution in [0.25, 0.3) is 0 Å². The Hall–Kier alpha value is -2.13. The first kappa shape index (κ1) is 18.2. The molecule has 3 nitrogen and oxygen atoms in total. The number of aryl methyl sites for hydroxylation is 2. The van der Waals surface area contributed by atoms with Crippen LogP contribution in [-0.2, 0) is 17.6 Å². The van der Waals surface area contributed by atoms with Crippen LogP contribution in [0.3, 0.4) is 0 Å². The highest BCUT2D eigenvalue weighted by molar-refractivity contribution is 5.92. The Balaban J connectivity index is 1.88. The Morgan fingerprint density at radius 3 is 2.17 bits per heavy atom. The standard InChI is InChI=1S/C21H28N2O/c1-4-17-12-9-13-18(5-2)21(17)23-20(24)14-15-22-16(3)19-10-7-6-8-11-19/h6-13,16,22H,4-5,14-15H2,1-3H3,(H,23,24). The number of nitrogens with one attached hydrogen (secondary N) is 2. The van der Waals surface area contributed by atoms with Crippen LogP contribution in [0.1, 0.15) is 49.9 Å². The van der Waals surface area contributed by atoms with Crippen LogP contribution >= 0.6 is 0 Å². The van der Waals surface area contributed by atoms with Gasteiger partial charge in [-0.25, -0.2) is 0 Å². The van der Waals surface area contributed by atoms with Crippen molar-refractivity contribution in [2.45, 2.75) is 46.1 Å². The number of carbonyl (C=O) groups excluding carboxylic acids is 1. The molecule has 2 N–H and O–H groups in total. The summed E-state index contributed by atoms with van der Waals surface area (Å²) in [6.45, 7) is 7.02. The Kier molecular flexibility index (Phi) is 7.01. The number of rotatable bonds is 8. The van der Waals surface area contributed by atoms with Gasteiger partial charge in [0.1, 0.15) is 0 Å². The van der Waals surface area contributed by atoms with Crippen molar-refractivity contribution in [2.75, 3.05) is 11.9 Å². The fourth-order valence-electron chi connectivity index (χ4n) is 2.87. The maximum atomic E-state index is 12.3. The number of amides is 1. The Labute approximate surface area is 145 Å². The molecule has 0 aromatic heterocycles. The molecule has 0 aliphatic heterocycles. The zero-order chi connectivity index (χ0) is 17.4. The molecule has 0 aliphatic rings. The van der Waals surface area contributed by atoms with Crippen LogP contribution in [0, 0.1) is 0 Å². The first-order valence-electron chi connectivity index (χ1n) is 8.84. The third-order valence-corrected chi connectivity index (χ3v) is 4.37. The first-order chi connectivity index (χ1) is 11.7. The maximum absolute atomic E-state index is 12.3. The van der Waals surface area contributed by atoms with Crippen molar-refractivity contribution in [1.29, 1.82) is 0 Å². The van der Waals surface area contributed by atoms with Crippen molar-refractivity contribution in [3.63, 3.8) is 0 Å². The molecule has 3 heteroatoms. The Bertz CT molecular complexity index is 630. The van der Waals surface area contributed by atoms with E-state index >= 15 is 0 Å². The molecular formula is C21H28N2O. The Morgan fingerprint density at radius 2 is 1.58 bits per heavy atom. The van der Waals surface area contributed by atoms with Gasteiger partial charge in [-0.2, -0.15) is 0 Å². The molecule has 24 heavy (non-hydrogen) atoms. The molecule has 0 fully saturated rings. The van der Waals surface area contributed by atoms with Crippen molar-refractivity contribution in [3.8, 4) is 0 Å². The summed E-state index contributed by atoms with van der Waals surface area (Å²) in [6.07, 6.45) is 2.32. The van der Waals surface area contributed by atoms with E-state index in [4.69, 9.17) is 0 Å². The molecule has 0 radical (unpaired) electrons. The molecule has 1 atom stereocenters. The smallest absolute Gasteiger partial charge is 0.225 e. The average molecular weight is 324 g/mol. The molecule has 1 unspecified atom stereocenters. The predicted molar refractivity (Wildman–Crippen MR) is 101 cm³/mol. The van der Waals surface area contributed by atoms with E-state index in [1.807, 2.05) is 18.2 Å². The average Bonchev–Trinajstić information content (AvgIpc) is 2.62. The molecule has 128 valence electrons. The van der Waals surface area contributed by atoms with Gasteiger partial charge in [0.25, 0.3) is 0 Å². The number of carbonyl (C=O) groups is 1. The van der Waals surface area contributed by atoms with Gasteiger partial charge in [-0.1, -0.05) is 62.4 Å². The second kappa shape index (κ2) is 9.24. The van der Waals surface area contributed by atoms with Gasteiger partial charge >= 0.3 is 0 Å². The topological polar surface area (TPSA) is 41.1 Å². The SMILES string of the molecule is CCc1cccc(CC)c1NC(=O)CCNC(C)c1ccccc1. The van der Waals surface area contributed by atoms with E-state index < -0.39 is 0 Å². The third kappa shape index (κ3) is 4.93. The molecule has 0 saturated heterocycles. The number of anilines is 1. The molecule has 0 aliphatic carbocycles. The van der Waals surface area contributed by atoms with Crippen LogP contribution < -0.4 is 10.6 Å². The molecule has 0 heterocycles. The van der Waals surface area contributed by atoms with E-state index in [1.54, 1.807) is 0 Å². The van der Waals surface area contributed by atoms with Crippen molar-refractivity contribution in [3.05, 3.63) is 65.2 Å². The summed E-state index contributed by atoms with van der Waals surface area (Å²) in [5.41, 5.74) is 4.65. The van der Waals surface area contributed by atoms with Gasteiger partial charge in [-0.3, -0.25) is 4.79 Å². The zero-order valence-corrected chi connectivity index (χ0v) is 14.9. The lowest BCUT2D eigenvalue weighted by Crippen LogP contribution is -2.25. The van der Waals surface area contributed by atoms with Crippen LogP contribution in [0.15, 0.2) is 48.5 Å².